The largest absolute Gasteiger partial charge is 0.493 e. The van der Waals surface area contributed by atoms with E-state index in [1.165, 1.54) is 12.8 Å². The minimum Gasteiger partial charge on any atom is -0.493 e. The quantitative estimate of drug-likeness (QED) is 0.798. The highest BCUT2D eigenvalue weighted by Gasteiger charge is 2.21. The number of halogens is 2. The average molecular weight is 337 g/mol. The lowest BCUT2D eigenvalue weighted by Crippen LogP contribution is -2.03. The van der Waals surface area contributed by atoms with Gasteiger partial charge in [-0.25, -0.2) is 0 Å². The van der Waals surface area contributed by atoms with Crippen molar-refractivity contribution in [2.75, 3.05) is 6.61 Å². The van der Waals surface area contributed by atoms with Gasteiger partial charge in [-0.15, -0.1) is 0 Å². The summed E-state index contributed by atoms with van der Waals surface area (Å²) in [7, 11) is 0. The van der Waals surface area contributed by atoms with E-state index in [2.05, 4.69) is 0 Å². The zero-order chi connectivity index (χ0) is 15.5. The van der Waals surface area contributed by atoms with Gasteiger partial charge in [0.15, 0.2) is 0 Å². The fraction of sp³-hybridized carbons (Fsp3) is 0.333. The summed E-state index contributed by atoms with van der Waals surface area (Å²) in [5, 5.41) is 11.4. The predicted molar refractivity (Wildman–Crippen MR) is 89.8 cm³/mol. The first-order chi connectivity index (χ1) is 10.6. The van der Waals surface area contributed by atoms with Gasteiger partial charge < -0.3 is 9.84 Å². The Hall–Kier alpha value is -1.22. The summed E-state index contributed by atoms with van der Waals surface area (Å²) in [5.41, 5.74) is 1.82. The molecule has 2 aromatic rings. The Bertz CT molecular complexity index is 636. The first kappa shape index (κ1) is 15.7. The maximum absolute atomic E-state index is 10.3. The minimum atomic E-state index is -0.574. The van der Waals surface area contributed by atoms with Crippen LogP contribution in [0.2, 0.25) is 10.0 Å². The number of rotatable bonds is 6. The number of aliphatic hydroxyl groups excluding tert-OH is 1. The lowest BCUT2D eigenvalue weighted by atomic mass is 10.0. The molecular formula is C18H18Cl2O2. The second-order valence-corrected chi connectivity index (χ2v) is 6.61. The maximum atomic E-state index is 10.3. The van der Waals surface area contributed by atoms with E-state index in [9.17, 15) is 5.11 Å². The van der Waals surface area contributed by atoms with E-state index in [1.54, 1.807) is 12.1 Å². The molecule has 22 heavy (non-hydrogen) atoms. The van der Waals surface area contributed by atoms with Gasteiger partial charge in [-0.2, -0.15) is 0 Å². The van der Waals surface area contributed by atoms with Crippen LogP contribution in [0.4, 0.5) is 0 Å². The molecule has 1 unspecified atom stereocenters. The van der Waals surface area contributed by atoms with Crippen LogP contribution in [-0.2, 0) is 6.42 Å². The number of hydrogen-bond acceptors (Lipinski definition) is 2. The molecule has 1 N–H and O–H groups in total. The fourth-order valence-electron chi connectivity index (χ4n) is 2.29. The Morgan fingerprint density at radius 1 is 1.05 bits per heavy atom. The third kappa shape index (κ3) is 4.16. The van der Waals surface area contributed by atoms with Crippen molar-refractivity contribution >= 4 is 23.2 Å². The second-order valence-electron chi connectivity index (χ2n) is 5.79. The Kier molecular flexibility index (Phi) is 4.92. The number of aliphatic hydroxyl groups is 1. The van der Waals surface area contributed by atoms with E-state index in [4.69, 9.17) is 27.9 Å². The van der Waals surface area contributed by atoms with Crippen LogP contribution in [0.3, 0.4) is 0 Å². The first-order valence-corrected chi connectivity index (χ1v) is 8.22. The van der Waals surface area contributed by atoms with Gasteiger partial charge in [-0.05, 0) is 54.2 Å². The summed E-state index contributed by atoms with van der Waals surface area (Å²) < 4.78 is 5.70. The van der Waals surface area contributed by atoms with E-state index in [0.717, 1.165) is 29.4 Å². The molecule has 2 nitrogen and oxygen atoms in total. The third-order valence-electron chi connectivity index (χ3n) is 3.86. The zero-order valence-corrected chi connectivity index (χ0v) is 13.6. The van der Waals surface area contributed by atoms with Crippen LogP contribution in [0.1, 0.15) is 30.1 Å². The number of ether oxygens (including phenoxy) is 1. The highest BCUT2D eigenvalue weighted by atomic mass is 35.5. The van der Waals surface area contributed by atoms with Crippen LogP contribution in [-0.4, -0.2) is 11.7 Å². The van der Waals surface area contributed by atoms with Crippen LogP contribution in [0, 0.1) is 5.92 Å². The molecule has 0 aromatic heterocycles. The van der Waals surface area contributed by atoms with E-state index in [1.807, 2.05) is 30.3 Å². The van der Waals surface area contributed by atoms with Crippen LogP contribution < -0.4 is 4.74 Å². The van der Waals surface area contributed by atoms with Gasteiger partial charge in [0.2, 0.25) is 0 Å². The summed E-state index contributed by atoms with van der Waals surface area (Å²) in [6, 6.07) is 13.1. The highest BCUT2D eigenvalue weighted by Crippen LogP contribution is 2.30. The van der Waals surface area contributed by atoms with E-state index in [-0.39, 0.29) is 0 Å². The van der Waals surface area contributed by atoms with Gasteiger partial charge in [0.25, 0.3) is 0 Å². The maximum Gasteiger partial charge on any atom is 0.119 e. The van der Waals surface area contributed by atoms with E-state index in [0.29, 0.717) is 16.5 Å². The molecule has 1 saturated carbocycles. The fourth-order valence-corrected chi connectivity index (χ4v) is 2.61. The Morgan fingerprint density at radius 3 is 2.41 bits per heavy atom. The lowest BCUT2D eigenvalue weighted by Gasteiger charge is -2.13. The Morgan fingerprint density at radius 2 is 1.77 bits per heavy atom. The molecule has 0 heterocycles. The van der Waals surface area contributed by atoms with Crippen molar-refractivity contribution in [2.45, 2.75) is 25.4 Å². The molecule has 0 bridgehead atoms. The van der Waals surface area contributed by atoms with Crippen LogP contribution >= 0.6 is 23.2 Å². The topological polar surface area (TPSA) is 29.5 Å². The molecule has 0 amide bonds. The van der Waals surface area contributed by atoms with Gasteiger partial charge in [0.1, 0.15) is 5.75 Å². The molecule has 116 valence electrons. The molecular weight excluding hydrogens is 319 g/mol. The molecule has 4 heteroatoms. The summed E-state index contributed by atoms with van der Waals surface area (Å²) >= 11 is 11.9. The predicted octanol–water partition coefficient (Wildman–Crippen LogP) is 5.06. The Labute approximate surface area is 140 Å². The summed E-state index contributed by atoms with van der Waals surface area (Å²) in [6.07, 6.45) is 2.48. The molecule has 2 aromatic carbocycles. The van der Waals surface area contributed by atoms with Gasteiger partial charge in [-0.1, -0.05) is 41.4 Å². The lowest BCUT2D eigenvalue weighted by molar-refractivity contribution is 0.178. The summed E-state index contributed by atoms with van der Waals surface area (Å²) in [5.74, 6) is 1.59. The van der Waals surface area contributed by atoms with Crippen molar-refractivity contribution in [3.63, 3.8) is 0 Å². The van der Waals surface area contributed by atoms with Crippen LogP contribution in [0.25, 0.3) is 0 Å². The molecule has 1 aliphatic rings. The van der Waals surface area contributed by atoms with Crippen molar-refractivity contribution in [3.05, 3.63) is 63.6 Å². The van der Waals surface area contributed by atoms with Crippen LogP contribution in [0.5, 0.6) is 5.75 Å². The van der Waals surface area contributed by atoms with Gasteiger partial charge in [0, 0.05) is 6.42 Å². The number of hydrogen-bond donors (Lipinski definition) is 1. The summed E-state index contributed by atoms with van der Waals surface area (Å²) in [6.45, 7) is 0.797. The van der Waals surface area contributed by atoms with E-state index < -0.39 is 6.10 Å². The zero-order valence-electron chi connectivity index (χ0n) is 12.1. The smallest absolute Gasteiger partial charge is 0.119 e. The number of benzene rings is 2. The Balaban J connectivity index is 1.60. The van der Waals surface area contributed by atoms with Crippen molar-refractivity contribution in [1.82, 2.24) is 0 Å². The summed E-state index contributed by atoms with van der Waals surface area (Å²) in [4.78, 5) is 0. The molecule has 0 aliphatic heterocycles. The van der Waals surface area contributed by atoms with Crippen molar-refractivity contribution in [2.24, 2.45) is 5.92 Å². The van der Waals surface area contributed by atoms with Gasteiger partial charge in [0.05, 0.1) is 22.8 Å². The SMILES string of the molecule is OC(Cc1ccc(Cl)c(Cl)c1)c1ccc(OCC2CC2)cc1. The van der Waals surface area contributed by atoms with Crippen molar-refractivity contribution < 1.29 is 9.84 Å². The molecule has 0 saturated heterocycles. The van der Waals surface area contributed by atoms with Crippen LogP contribution in [0.15, 0.2) is 42.5 Å². The molecule has 0 spiro atoms. The molecule has 1 atom stereocenters. The standard InChI is InChI=1S/C18H18Cl2O2/c19-16-8-3-13(9-17(16)20)10-18(21)14-4-6-15(7-5-14)22-11-12-1-2-12/h3-9,12,18,21H,1-2,10-11H2. The van der Waals surface area contributed by atoms with Crippen molar-refractivity contribution in [3.8, 4) is 5.75 Å². The average Bonchev–Trinajstić information content (AvgIpc) is 3.34. The van der Waals surface area contributed by atoms with Gasteiger partial charge in [-0.3, -0.25) is 0 Å². The molecule has 1 aliphatic carbocycles. The van der Waals surface area contributed by atoms with Gasteiger partial charge >= 0.3 is 0 Å². The molecule has 1 fully saturated rings. The highest BCUT2D eigenvalue weighted by molar-refractivity contribution is 6.42. The van der Waals surface area contributed by atoms with E-state index >= 15 is 0 Å². The monoisotopic (exact) mass is 336 g/mol. The first-order valence-electron chi connectivity index (χ1n) is 7.46. The second kappa shape index (κ2) is 6.91. The third-order valence-corrected chi connectivity index (χ3v) is 4.60. The molecule has 3 rings (SSSR count). The van der Waals surface area contributed by atoms with Crippen molar-refractivity contribution in [1.29, 1.82) is 0 Å². The normalized spacial score (nSPS) is 15.6. The minimum absolute atomic E-state index is 0.499. The molecule has 0 radical (unpaired) electrons.